The topological polar surface area (TPSA) is 79.8 Å². The Bertz CT molecular complexity index is 647. The molecule has 130 valence electrons. The highest BCUT2D eigenvalue weighted by atomic mass is 32.2. The lowest BCUT2D eigenvalue weighted by Crippen LogP contribution is -2.53. The summed E-state index contributed by atoms with van der Waals surface area (Å²) in [6, 6.07) is 4.16. The smallest absolute Gasteiger partial charge is 0.191 e. The third kappa shape index (κ3) is 4.68. The summed E-state index contributed by atoms with van der Waals surface area (Å²) in [5, 5.41) is 6.40. The number of aliphatic imine (C=N–C) groups is 1. The molecule has 0 aliphatic carbocycles. The van der Waals surface area contributed by atoms with Crippen molar-refractivity contribution in [1.29, 1.82) is 0 Å². The monoisotopic (exact) mass is 359 g/mol. The summed E-state index contributed by atoms with van der Waals surface area (Å²) in [5.41, 5.74) is 0. The fraction of sp³-hybridized carbons (Fsp3) is 0.667. The number of nitrogens with one attached hydrogen (secondary N) is 2. The predicted molar refractivity (Wildman–Crippen MR) is 94.9 cm³/mol. The standard InChI is InChI=1S/C15H25N3O3S2/c1-12-4-5-13(22-12)10-17-14(16-2)18-11-15(23(3,19)20)6-8-21-9-7-15/h4-5H,6-11H2,1-3H3,(H2,16,17,18). The fourth-order valence-corrected chi connectivity index (χ4v) is 4.71. The van der Waals surface area contributed by atoms with Crippen LogP contribution in [0.2, 0.25) is 0 Å². The summed E-state index contributed by atoms with van der Waals surface area (Å²) >= 11 is 1.73. The number of sulfone groups is 1. The first kappa shape index (κ1) is 18.2. The maximum atomic E-state index is 12.2. The first-order valence-electron chi connectivity index (χ1n) is 7.63. The predicted octanol–water partition coefficient (Wildman–Crippen LogP) is 1.32. The van der Waals surface area contributed by atoms with Crippen LogP contribution in [-0.2, 0) is 21.1 Å². The van der Waals surface area contributed by atoms with Crippen LogP contribution in [0.4, 0.5) is 0 Å². The minimum Gasteiger partial charge on any atom is -0.381 e. The van der Waals surface area contributed by atoms with Gasteiger partial charge in [-0.15, -0.1) is 11.3 Å². The van der Waals surface area contributed by atoms with Crippen molar-refractivity contribution < 1.29 is 13.2 Å². The molecule has 23 heavy (non-hydrogen) atoms. The molecule has 0 saturated carbocycles. The van der Waals surface area contributed by atoms with E-state index in [9.17, 15) is 8.42 Å². The Morgan fingerprint density at radius 2 is 2.04 bits per heavy atom. The Hall–Kier alpha value is -1.12. The fourth-order valence-electron chi connectivity index (χ4n) is 2.64. The molecule has 0 atom stereocenters. The third-order valence-electron chi connectivity index (χ3n) is 4.22. The van der Waals surface area contributed by atoms with Crippen LogP contribution in [0.5, 0.6) is 0 Å². The first-order valence-corrected chi connectivity index (χ1v) is 10.3. The molecule has 1 aliphatic rings. The van der Waals surface area contributed by atoms with Gasteiger partial charge in [0.15, 0.2) is 15.8 Å². The lowest BCUT2D eigenvalue weighted by molar-refractivity contribution is 0.0756. The SMILES string of the molecule is CN=C(NCc1ccc(C)s1)NCC1(S(C)(=O)=O)CCOCC1. The second kappa shape index (κ2) is 7.63. The zero-order chi connectivity index (χ0) is 16.9. The molecule has 6 nitrogen and oxygen atoms in total. The molecule has 1 aromatic heterocycles. The molecular weight excluding hydrogens is 334 g/mol. The molecule has 0 amide bonds. The average molecular weight is 360 g/mol. The molecule has 2 heterocycles. The summed E-state index contributed by atoms with van der Waals surface area (Å²) in [7, 11) is -1.49. The van der Waals surface area contributed by atoms with Crippen molar-refractivity contribution in [3.63, 3.8) is 0 Å². The lowest BCUT2D eigenvalue weighted by atomic mass is 9.99. The van der Waals surface area contributed by atoms with Gasteiger partial charge in [0.25, 0.3) is 0 Å². The van der Waals surface area contributed by atoms with Gasteiger partial charge in [0.2, 0.25) is 0 Å². The number of thiophene rings is 1. The number of aryl methyl sites for hydroxylation is 1. The zero-order valence-corrected chi connectivity index (χ0v) is 15.5. The summed E-state index contributed by atoms with van der Waals surface area (Å²) < 4.78 is 29.0. The molecule has 0 aromatic carbocycles. The summed E-state index contributed by atoms with van der Waals surface area (Å²) in [6.07, 6.45) is 2.34. The van der Waals surface area contributed by atoms with Crippen LogP contribution < -0.4 is 10.6 Å². The van der Waals surface area contributed by atoms with E-state index in [2.05, 4.69) is 34.7 Å². The Balaban J connectivity index is 1.95. The van der Waals surface area contributed by atoms with Crippen LogP contribution in [0, 0.1) is 6.92 Å². The van der Waals surface area contributed by atoms with E-state index in [1.54, 1.807) is 18.4 Å². The van der Waals surface area contributed by atoms with Gasteiger partial charge in [-0.25, -0.2) is 8.42 Å². The lowest BCUT2D eigenvalue weighted by Gasteiger charge is -2.35. The third-order valence-corrected chi connectivity index (χ3v) is 7.34. The van der Waals surface area contributed by atoms with E-state index in [4.69, 9.17) is 4.74 Å². The van der Waals surface area contributed by atoms with Crippen LogP contribution in [-0.4, -0.2) is 52.2 Å². The minimum atomic E-state index is -3.18. The highest BCUT2D eigenvalue weighted by Gasteiger charge is 2.42. The number of guanidine groups is 1. The van der Waals surface area contributed by atoms with Crippen molar-refractivity contribution in [3.8, 4) is 0 Å². The average Bonchev–Trinajstić information content (AvgIpc) is 2.93. The summed E-state index contributed by atoms with van der Waals surface area (Å²) in [4.78, 5) is 6.66. The van der Waals surface area contributed by atoms with Crippen LogP contribution in [0.1, 0.15) is 22.6 Å². The van der Waals surface area contributed by atoms with Gasteiger partial charge in [0.1, 0.15) is 0 Å². The highest BCUT2D eigenvalue weighted by molar-refractivity contribution is 7.92. The molecule has 0 bridgehead atoms. The summed E-state index contributed by atoms with van der Waals surface area (Å²) in [5.74, 6) is 0.616. The van der Waals surface area contributed by atoms with E-state index in [1.807, 2.05) is 0 Å². The van der Waals surface area contributed by atoms with Crippen molar-refractivity contribution in [2.24, 2.45) is 4.99 Å². The van der Waals surface area contributed by atoms with Crippen molar-refractivity contribution in [2.75, 3.05) is 33.1 Å². The second-order valence-corrected chi connectivity index (χ2v) is 9.64. The molecule has 1 aliphatic heterocycles. The van der Waals surface area contributed by atoms with Gasteiger partial charge >= 0.3 is 0 Å². The number of hydrogen-bond acceptors (Lipinski definition) is 5. The first-order chi connectivity index (χ1) is 10.9. The molecular formula is C15H25N3O3S2. The maximum Gasteiger partial charge on any atom is 0.191 e. The molecule has 0 unspecified atom stereocenters. The minimum absolute atomic E-state index is 0.346. The zero-order valence-electron chi connectivity index (χ0n) is 13.9. The van der Waals surface area contributed by atoms with Gasteiger partial charge in [-0.3, -0.25) is 4.99 Å². The Morgan fingerprint density at radius 1 is 1.35 bits per heavy atom. The molecule has 8 heteroatoms. The normalized spacial score (nSPS) is 18.7. The molecule has 1 fully saturated rings. The van der Waals surface area contributed by atoms with Gasteiger partial charge in [-0.2, -0.15) is 0 Å². The quantitative estimate of drug-likeness (QED) is 0.612. The van der Waals surface area contributed by atoms with Gasteiger partial charge in [0.05, 0.1) is 11.3 Å². The van der Waals surface area contributed by atoms with Crippen molar-refractivity contribution >= 4 is 27.1 Å². The van der Waals surface area contributed by atoms with E-state index in [0.717, 1.165) is 0 Å². The van der Waals surface area contributed by atoms with Crippen molar-refractivity contribution in [1.82, 2.24) is 10.6 Å². The summed E-state index contributed by atoms with van der Waals surface area (Å²) in [6.45, 7) is 4.05. The van der Waals surface area contributed by atoms with E-state index in [-0.39, 0.29) is 0 Å². The molecule has 0 spiro atoms. The highest BCUT2D eigenvalue weighted by Crippen LogP contribution is 2.28. The molecule has 2 rings (SSSR count). The van der Waals surface area contributed by atoms with Gasteiger partial charge < -0.3 is 15.4 Å². The van der Waals surface area contributed by atoms with Crippen molar-refractivity contribution in [3.05, 3.63) is 21.9 Å². The second-order valence-electron chi connectivity index (χ2n) is 5.86. The van der Waals surface area contributed by atoms with E-state index >= 15 is 0 Å². The van der Waals surface area contributed by atoms with Gasteiger partial charge in [-0.1, -0.05) is 0 Å². The number of hydrogen-bond donors (Lipinski definition) is 2. The molecule has 1 aromatic rings. The Labute approximate surface area is 142 Å². The van der Waals surface area contributed by atoms with Gasteiger partial charge in [-0.05, 0) is 31.9 Å². The van der Waals surface area contributed by atoms with Crippen LogP contribution in [0.3, 0.4) is 0 Å². The van der Waals surface area contributed by atoms with E-state index in [0.29, 0.717) is 45.1 Å². The molecule has 1 saturated heterocycles. The largest absolute Gasteiger partial charge is 0.381 e. The van der Waals surface area contributed by atoms with Crippen LogP contribution in [0.15, 0.2) is 17.1 Å². The molecule has 0 radical (unpaired) electrons. The van der Waals surface area contributed by atoms with E-state index in [1.165, 1.54) is 16.0 Å². The number of nitrogens with zero attached hydrogens (tertiary/aromatic N) is 1. The maximum absolute atomic E-state index is 12.2. The van der Waals surface area contributed by atoms with Crippen LogP contribution >= 0.6 is 11.3 Å². The van der Waals surface area contributed by atoms with Crippen LogP contribution in [0.25, 0.3) is 0 Å². The molecule has 2 N–H and O–H groups in total. The Morgan fingerprint density at radius 3 is 2.57 bits per heavy atom. The number of ether oxygens (including phenoxy) is 1. The van der Waals surface area contributed by atoms with Crippen molar-refractivity contribution in [2.45, 2.75) is 31.1 Å². The van der Waals surface area contributed by atoms with E-state index < -0.39 is 14.6 Å². The van der Waals surface area contributed by atoms with Gasteiger partial charge in [0, 0.05) is 42.8 Å². The number of rotatable bonds is 5. The Kier molecular flexibility index (Phi) is 6.05.